The zero-order valence-electron chi connectivity index (χ0n) is 12.9. The summed E-state index contributed by atoms with van der Waals surface area (Å²) < 4.78 is 5.47. The lowest BCUT2D eigenvalue weighted by atomic mass is 9.90. The lowest BCUT2D eigenvalue weighted by Crippen LogP contribution is -2.50. The van der Waals surface area contributed by atoms with Gasteiger partial charge in [-0.1, -0.05) is 26.0 Å². The summed E-state index contributed by atoms with van der Waals surface area (Å²) in [6.45, 7) is 7.46. The maximum absolute atomic E-state index is 6.14. The molecule has 0 aliphatic carbocycles. The van der Waals surface area contributed by atoms with Gasteiger partial charge in [-0.15, -0.1) is 0 Å². The van der Waals surface area contributed by atoms with E-state index in [9.17, 15) is 0 Å². The fraction of sp³-hybridized carbons (Fsp3) is 0.562. The van der Waals surface area contributed by atoms with Gasteiger partial charge in [-0.05, 0) is 37.8 Å². The average Bonchev–Trinajstić information content (AvgIpc) is 2.73. The second kappa shape index (κ2) is 5.73. The van der Waals surface area contributed by atoms with Crippen LogP contribution in [0.4, 0.5) is 5.69 Å². The molecule has 0 amide bonds. The molecule has 1 atom stereocenters. The summed E-state index contributed by atoms with van der Waals surface area (Å²) in [6, 6.07) is 7.98. The van der Waals surface area contributed by atoms with Crippen molar-refractivity contribution in [2.45, 2.75) is 39.2 Å². The second-order valence-corrected chi connectivity index (χ2v) is 6.11. The largest absolute Gasteiger partial charge is 0.495 e. The van der Waals surface area contributed by atoms with Crippen LogP contribution in [0, 0.1) is 5.92 Å². The number of methoxy groups -OCH3 is 1. The number of hydrogen-bond donors (Lipinski definition) is 1. The van der Waals surface area contributed by atoms with E-state index in [4.69, 9.17) is 10.5 Å². The van der Waals surface area contributed by atoms with E-state index in [-0.39, 0.29) is 5.54 Å². The highest BCUT2D eigenvalue weighted by atomic mass is 16.5. The molecule has 1 aromatic carbocycles. The first-order chi connectivity index (χ1) is 9.48. The predicted molar refractivity (Wildman–Crippen MR) is 84.4 cm³/mol. The number of ether oxygens (including phenoxy) is 1. The van der Waals surface area contributed by atoms with Gasteiger partial charge in [-0.25, -0.2) is 0 Å². The Kier molecular flexibility index (Phi) is 4.21. The van der Waals surface area contributed by atoms with E-state index in [1.54, 1.807) is 7.11 Å². The van der Waals surface area contributed by atoms with E-state index in [1.165, 1.54) is 0 Å². The van der Waals surface area contributed by atoms with Crippen LogP contribution in [0.1, 0.15) is 33.6 Å². The molecule has 0 fully saturated rings. The minimum atomic E-state index is -0.0665. The highest BCUT2D eigenvalue weighted by Gasteiger charge is 2.39. The Morgan fingerprint density at radius 2 is 2.10 bits per heavy atom. The molecule has 0 aromatic heterocycles. The van der Waals surface area contributed by atoms with Crippen molar-refractivity contribution >= 4 is 11.6 Å². The highest BCUT2D eigenvalue weighted by Crippen LogP contribution is 2.37. The molecule has 0 saturated heterocycles. The minimum absolute atomic E-state index is 0.0665. The van der Waals surface area contributed by atoms with Crippen LogP contribution in [-0.4, -0.2) is 25.2 Å². The molecule has 2 rings (SSSR count). The van der Waals surface area contributed by atoms with Gasteiger partial charge < -0.3 is 15.4 Å². The highest BCUT2D eigenvalue weighted by molar-refractivity contribution is 5.99. The topological polar surface area (TPSA) is 50.9 Å². The molecular weight excluding hydrogens is 250 g/mol. The SMILES string of the molecule is COc1ccccc1N1C(N)=NCC1(C)CCC(C)C. The third-order valence-electron chi connectivity index (χ3n) is 3.94. The van der Waals surface area contributed by atoms with Crippen LogP contribution < -0.4 is 15.4 Å². The second-order valence-electron chi connectivity index (χ2n) is 6.11. The Hall–Kier alpha value is -1.71. The predicted octanol–water partition coefficient (Wildman–Crippen LogP) is 3.02. The summed E-state index contributed by atoms with van der Waals surface area (Å²) in [6.07, 6.45) is 2.22. The van der Waals surface area contributed by atoms with Crippen molar-refractivity contribution < 1.29 is 4.74 Å². The minimum Gasteiger partial charge on any atom is -0.495 e. The van der Waals surface area contributed by atoms with Crippen molar-refractivity contribution in [1.29, 1.82) is 0 Å². The van der Waals surface area contributed by atoms with Crippen molar-refractivity contribution in [1.82, 2.24) is 0 Å². The van der Waals surface area contributed by atoms with E-state index in [0.717, 1.165) is 30.8 Å². The zero-order chi connectivity index (χ0) is 14.8. The smallest absolute Gasteiger partial charge is 0.196 e. The number of rotatable bonds is 5. The summed E-state index contributed by atoms with van der Waals surface area (Å²) in [4.78, 5) is 6.60. The first kappa shape index (κ1) is 14.7. The third-order valence-corrected chi connectivity index (χ3v) is 3.94. The normalized spacial score (nSPS) is 22.2. The van der Waals surface area contributed by atoms with Crippen molar-refractivity contribution in [3.8, 4) is 5.75 Å². The van der Waals surface area contributed by atoms with Gasteiger partial charge >= 0.3 is 0 Å². The number of para-hydroxylation sites is 2. The number of nitrogens with two attached hydrogens (primary N) is 1. The van der Waals surface area contributed by atoms with E-state index in [0.29, 0.717) is 11.9 Å². The van der Waals surface area contributed by atoms with Gasteiger partial charge in [-0.3, -0.25) is 4.99 Å². The van der Waals surface area contributed by atoms with Gasteiger partial charge in [0, 0.05) is 0 Å². The van der Waals surface area contributed by atoms with Crippen molar-refractivity contribution in [3.05, 3.63) is 24.3 Å². The number of nitrogens with zero attached hydrogens (tertiary/aromatic N) is 2. The first-order valence-corrected chi connectivity index (χ1v) is 7.21. The van der Waals surface area contributed by atoms with Crippen LogP contribution in [0.3, 0.4) is 0 Å². The molecule has 4 heteroatoms. The maximum Gasteiger partial charge on any atom is 0.196 e. The molecule has 4 nitrogen and oxygen atoms in total. The molecule has 1 aromatic rings. The van der Waals surface area contributed by atoms with Crippen LogP contribution in [0.2, 0.25) is 0 Å². The summed E-state index contributed by atoms with van der Waals surface area (Å²) in [5.41, 5.74) is 7.07. The van der Waals surface area contributed by atoms with Crippen LogP contribution in [0.25, 0.3) is 0 Å². The van der Waals surface area contributed by atoms with Crippen molar-refractivity contribution in [2.75, 3.05) is 18.6 Å². The molecule has 2 N–H and O–H groups in total. The van der Waals surface area contributed by atoms with Crippen molar-refractivity contribution in [2.24, 2.45) is 16.6 Å². The van der Waals surface area contributed by atoms with Gasteiger partial charge in [-0.2, -0.15) is 0 Å². The summed E-state index contributed by atoms with van der Waals surface area (Å²) in [5.74, 6) is 2.09. The lowest BCUT2D eigenvalue weighted by Gasteiger charge is -2.37. The van der Waals surface area contributed by atoms with Crippen LogP contribution >= 0.6 is 0 Å². The summed E-state index contributed by atoms with van der Waals surface area (Å²) in [5, 5.41) is 0. The molecule has 0 radical (unpaired) electrons. The number of hydrogen-bond acceptors (Lipinski definition) is 4. The molecule has 0 spiro atoms. The number of guanidine groups is 1. The van der Waals surface area contributed by atoms with Crippen LogP contribution in [-0.2, 0) is 0 Å². The Labute approximate surface area is 121 Å². The molecule has 0 bridgehead atoms. The molecule has 1 heterocycles. The van der Waals surface area contributed by atoms with E-state index in [1.807, 2.05) is 24.3 Å². The van der Waals surface area contributed by atoms with Gasteiger partial charge in [0.1, 0.15) is 5.75 Å². The summed E-state index contributed by atoms with van der Waals surface area (Å²) in [7, 11) is 1.69. The number of anilines is 1. The van der Waals surface area contributed by atoms with E-state index < -0.39 is 0 Å². The number of aliphatic imine (C=N–C) groups is 1. The monoisotopic (exact) mass is 275 g/mol. The quantitative estimate of drug-likeness (QED) is 0.898. The zero-order valence-corrected chi connectivity index (χ0v) is 12.9. The molecule has 20 heavy (non-hydrogen) atoms. The fourth-order valence-electron chi connectivity index (χ4n) is 2.69. The molecule has 0 saturated carbocycles. The summed E-state index contributed by atoms with van der Waals surface area (Å²) >= 11 is 0. The van der Waals surface area contributed by atoms with Crippen LogP contribution in [0.5, 0.6) is 5.75 Å². The fourth-order valence-corrected chi connectivity index (χ4v) is 2.69. The number of benzene rings is 1. The Bertz CT molecular complexity index is 498. The maximum atomic E-state index is 6.14. The lowest BCUT2D eigenvalue weighted by molar-refractivity contribution is 0.392. The van der Waals surface area contributed by atoms with E-state index in [2.05, 4.69) is 30.7 Å². The molecule has 1 unspecified atom stereocenters. The molecule has 110 valence electrons. The van der Waals surface area contributed by atoms with Gasteiger partial charge in [0.05, 0.1) is 24.9 Å². The van der Waals surface area contributed by atoms with Crippen LogP contribution in [0.15, 0.2) is 29.3 Å². The molecule has 1 aliphatic heterocycles. The van der Waals surface area contributed by atoms with Gasteiger partial charge in [0.15, 0.2) is 5.96 Å². The van der Waals surface area contributed by atoms with E-state index >= 15 is 0 Å². The van der Waals surface area contributed by atoms with Gasteiger partial charge in [0.25, 0.3) is 0 Å². The molecule has 1 aliphatic rings. The first-order valence-electron chi connectivity index (χ1n) is 7.21. The Morgan fingerprint density at radius 3 is 2.75 bits per heavy atom. The van der Waals surface area contributed by atoms with Crippen molar-refractivity contribution in [3.63, 3.8) is 0 Å². The standard InChI is InChI=1S/C16H25N3O/c1-12(2)9-10-16(3)11-18-15(17)19(16)13-7-5-6-8-14(13)20-4/h5-8,12H,9-11H2,1-4H3,(H2,17,18). The Balaban J connectivity index is 2.32. The average molecular weight is 275 g/mol. The molecular formula is C16H25N3O. The Morgan fingerprint density at radius 1 is 1.40 bits per heavy atom. The third kappa shape index (κ3) is 2.74. The van der Waals surface area contributed by atoms with Gasteiger partial charge in [0.2, 0.25) is 0 Å².